The topological polar surface area (TPSA) is 72.7 Å². The van der Waals surface area contributed by atoms with Crippen molar-refractivity contribution in [2.45, 2.75) is 18.1 Å². The lowest BCUT2D eigenvalue weighted by Gasteiger charge is -2.09. The molecule has 1 N–H and O–H groups in total. The number of aromatic nitrogens is 4. The van der Waals surface area contributed by atoms with Gasteiger partial charge in [0.15, 0.2) is 16.5 Å². The predicted molar refractivity (Wildman–Crippen MR) is 117 cm³/mol. The smallest absolute Gasteiger partial charge is 0.301 e. The van der Waals surface area contributed by atoms with Crippen molar-refractivity contribution < 1.29 is 0 Å². The van der Waals surface area contributed by atoms with E-state index in [1.807, 2.05) is 47.0 Å². The number of nitrogens with zero attached hydrogens (tertiary/aromatic N) is 3. The molecule has 0 saturated carbocycles. The Labute approximate surface area is 176 Å². The van der Waals surface area contributed by atoms with E-state index in [1.54, 1.807) is 18.8 Å². The fourth-order valence-corrected chi connectivity index (χ4v) is 4.23. The molecule has 0 aliphatic heterocycles. The number of fused-ring (bicyclic) bond motifs is 1. The summed E-state index contributed by atoms with van der Waals surface area (Å²) in [7, 11) is 1.57. The number of rotatable bonds is 6. The fraction of sp³-hybridized carbons (Fsp3) is 0.190. The van der Waals surface area contributed by atoms with Crippen LogP contribution in [0.1, 0.15) is 11.1 Å². The highest BCUT2D eigenvalue weighted by Gasteiger charge is 2.16. The second kappa shape index (κ2) is 8.31. The van der Waals surface area contributed by atoms with Crippen molar-refractivity contribution in [3.63, 3.8) is 0 Å². The molecule has 8 heteroatoms. The third-order valence-electron chi connectivity index (χ3n) is 4.68. The van der Waals surface area contributed by atoms with E-state index in [0.29, 0.717) is 22.9 Å². The first-order valence-corrected chi connectivity index (χ1v) is 10.5. The number of hydrogen-bond acceptors (Lipinski definition) is 4. The van der Waals surface area contributed by atoms with Crippen molar-refractivity contribution in [1.29, 1.82) is 0 Å². The summed E-state index contributed by atoms with van der Waals surface area (Å²) in [6, 6.07) is 17.8. The monoisotopic (exact) mass is 426 g/mol. The number of halogens is 1. The number of aromatic amines is 1. The van der Waals surface area contributed by atoms with Gasteiger partial charge in [-0.05, 0) is 29.7 Å². The first-order valence-electron chi connectivity index (χ1n) is 9.13. The molecule has 0 bridgehead atoms. The van der Waals surface area contributed by atoms with Crippen molar-refractivity contribution >= 4 is 34.7 Å². The molecule has 0 fully saturated rings. The van der Waals surface area contributed by atoms with Crippen LogP contribution in [0.4, 0.5) is 0 Å². The van der Waals surface area contributed by atoms with Crippen LogP contribution in [0.2, 0.25) is 5.02 Å². The molecular formula is C21H19ClN4O2S. The van der Waals surface area contributed by atoms with Crippen LogP contribution in [0, 0.1) is 0 Å². The first kappa shape index (κ1) is 19.5. The molecular weight excluding hydrogens is 408 g/mol. The minimum Gasteiger partial charge on any atom is -0.301 e. The lowest BCUT2D eigenvalue weighted by molar-refractivity contribution is 0.722. The SMILES string of the molecule is Cn1c(=O)c(=O)[nH]c2c1nc(SCCc1ccccc1)n2Cc1ccc(Cl)cc1. The van der Waals surface area contributed by atoms with Gasteiger partial charge in [0.2, 0.25) is 0 Å². The second-order valence-electron chi connectivity index (χ2n) is 6.68. The molecule has 0 spiro atoms. The van der Waals surface area contributed by atoms with E-state index in [4.69, 9.17) is 11.6 Å². The Morgan fingerprint density at radius 1 is 1.03 bits per heavy atom. The van der Waals surface area contributed by atoms with Crippen LogP contribution < -0.4 is 11.1 Å². The van der Waals surface area contributed by atoms with Crippen molar-refractivity contribution in [2.24, 2.45) is 7.05 Å². The summed E-state index contributed by atoms with van der Waals surface area (Å²) in [6.07, 6.45) is 0.894. The largest absolute Gasteiger partial charge is 0.317 e. The summed E-state index contributed by atoms with van der Waals surface area (Å²) in [5, 5.41) is 1.42. The van der Waals surface area contributed by atoms with E-state index in [1.165, 1.54) is 10.1 Å². The minimum absolute atomic E-state index is 0.464. The van der Waals surface area contributed by atoms with Crippen LogP contribution in [0.25, 0.3) is 11.3 Å². The van der Waals surface area contributed by atoms with Crippen LogP contribution in [0.15, 0.2) is 69.3 Å². The summed E-state index contributed by atoms with van der Waals surface area (Å²) >= 11 is 7.60. The molecule has 2 heterocycles. The zero-order chi connectivity index (χ0) is 20.4. The normalized spacial score (nSPS) is 11.2. The molecule has 148 valence electrons. The molecule has 2 aromatic carbocycles. The fourth-order valence-electron chi connectivity index (χ4n) is 3.12. The van der Waals surface area contributed by atoms with Gasteiger partial charge in [0.1, 0.15) is 0 Å². The molecule has 29 heavy (non-hydrogen) atoms. The highest BCUT2D eigenvalue weighted by atomic mass is 35.5. The minimum atomic E-state index is -0.655. The van der Waals surface area contributed by atoms with Crippen LogP contribution in [-0.4, -0.2) is 24.9 Å². The van der Waals surface area contributed by atoms with Gasteiger partial charge in [-0.15, -0.1) is 0 Å². The highest BCUT2D eigenvalue weighted by Crippen LogP contribution is 2.24. The number of H-pyrrole nitrogens is 1. The average Bonchev–Trinajstić information content (AvgIpc) is 3.06. The Kier molecular flexibility index (Phi) is 5.60. The van der Waals surface area contributed by atoms with Gasteiger partial charge in [-0.1, -0.05) is 65.8 Å². The average molecular weight is 427 g/mol. The van der Waals surface area contributed by atoms with Gasteiger partial charge >= 0.3 is 11.1 Å². The number of imidazole rings is 1. The van der Waals surface area contributed by atoms with E-state index in [-0.39, 0.29) is 0 Å². The number of nitrogens with one attached hydrogen (secondary N) is 1. The lowest BCUT2D eigenvalue weighted by atomic mass is 10.2. The molecule has 0 saturated heterocycles. The van der Waals surface area contributed by atoms with Crippen LogP contribution in [0.5, 0.6) is 0 Å². The van der Waals surface area contributed by atoms with Crippen molar-refractivity contribution in [3.8, 4) is 0 Å². The zero-order valence-corrected chi connectivity index (χ0v) is 17.3. The molecule has 6 nitrogen and oxygen atoms in total. The molecule has 2 aromatic heterocycles. The Bertz CT molecular complexity index is 1260. The van der Waals surface area contributed by atoms with Gasteiger partial charge in [-0.3, -0.25) is 18.7 Å². The number of hydrogen-bond donors (Lipinski definition) is 1. The molecule has 0 aliphatic carbocycles. The van der Waals surface area contributed by atoms with Crippen LogP contribution >= 0.6 is 23.4 Å². The van der Waals surface area contributed by atoms with Crippen molar-refractivity contribution in [3.05, 3.63) is 91.5 Å². The molecule has 0 atom stereocenters. The maximum absolute atomic E-state index is 12.1. The molecule has 4 aromatic rings. The van der Waals surface area contributed by atoms with E-state index < -0.39 is 11.1 Å². The summed E-state index contributed by atoms with van der Waals surface area (Å²) in [5.74, 6) is 0.826. The summed E-state index contributed by atoms with van der Waals surface area (Å²) in [5.41, 5.74) is 2.00. The number of thioether (sulfide) groups is 1. The predicted octanol–water partition coefficient (Wildman–Crippen LogP) is 3.46. The number of benzene rings is 2. The molecule has 0 aliphatic rings. The van der Waals surface area contributed by atoms with E-state index in [9.17, 15) is 9.59 Å². The molecule has 0 amide bonds. The number of aryl methyl sites for hydroxylation is 2. The highest BCUT2D eigenvalue weighted by molar-refractivity contribution is 7.99. The van der Waals surface area contributed by atoms with Gasteiger partial charge in [0.25, 0.3) is 0 Å². The van der Waals surface area contributed by atoms with E-state index >= 15 is 0 Å². The lowest BCUT2D eigenvalue weighted by Crippen LogP contribution is -2.35. The summed E-state index contributed by atoms with van der Waals surface area (Å²) in [4.78, 5) is 31.5. The zero-order valence-electron chi connectivity index (χ0n) is 15.8. The Balaban J connectivity index is 1.71. The third kappa shape index (κ3) is 4.16. The molecule has 0 radical (unpaired) electrons. The Morgan fingerprint density at radius 3 is 2.48 bits per heavy atom. The quantitative estimate of drug-likeness (QED) is 0.378. The summed E-state index contributed by atoms with van der Waals surface area (Å²) in [6.45, 7) is 0.509. The molecule has 0 unspecified atom stereocenters. The van der Waals surface area contributed by atoms with Crippen molar-refractivity contribution in [1.82, 2.24) is 19.1 Å². The Morgan fingerprint density at radius 2 is 1.76 bits per heavy atom. The van der Waals surface area contributed by atoms with E-state index in [2.05, 4.69) is 22.1 Å². The molecule has 4 rings (SSSR count). The van der Waals surface area contributed by atoms with Gasteiger partial charge in [0.05, 0.1) is 6.54 Å². The maximum atomic E-state index is 12.1. The standard InChI is InChI=1S/C21H19ClN4O2S/c1-25-17-18(23-19(27)20(25)28)26(13-15-7-9-16(22)10-8-15)21(24-17)29-12-11-14-5-3-2-4-6-14/h2-10H,11-13H2,1H3,(H,23,27). The summed E-state index contributed by atoms with van der Waals surface area (Å²) < 4.78 is 3.24. The van der Waals surface area contributed by atoms with Gasteiger partial charge < -0.3 is 4.98 Å². The second-order valence-corrected chi connectivity index (χ2v) is 8.18. The third-order valence-corrected chi connectivity index (χ3v) is 5.91. The van der Waals surface area contributed by atoms with E-state index in [0.717, 1.165) is 22.9 Å². The van der Waals surface area contributed by atoms with Gasteiger partial charge in [0, 0.05) is 17.8 Å². The van der Waals surface area contributed by atoms with Crippen LogP contribution in [0.3, 0.4) is 0 Å². The van der Waals surface area contributed by atoms with Crippen molar-refractivity contribution in [2.75, 3.05) is 5.75 Å². The van der Waals surface area contributed by atoms with Gasteiger partial charge in [-0.25, -0.2) is 4.98 Å². The van der Waals surface area contributed by atoms with Crippen LogP contribution in [-0.2, 0) is 20.0 Å². The van der Waals surface area contributed by atoms with Gasteiger partial charge in [-0.2, -0.15) is 0 Å². The maximum Gasteiger partial charge on any atom is 0.317 e. The Hall–Kier alpha value is -2.77. The first-order chi connectivity index (χ1) is 14.0.